The molecule has 0 unspecified atom stereocenters. The molecule has 1 heterocycles. The standard InChI is InChI=1S/C25H18Br2N2O4/c1-15-2-9-19(10-3-15)29-24(31)20(23(30)28-25(29)32)12-17-6-11-22(21(27)13-17)33-14-16-4-7-18(26)8-5-16/h2-13H,14H2,1H3,(H,28,30,32)/b20-12+. The summed E-state index contributed by atoms with van der Waals surface area (Å²) in [6.07, 6.45) is 1.45. The molecular formula is C25H18Br2N2O4. The van der Waals surface area contributed by atoms with Crippen molar-refractivity contribution in [3.05, 3.63) is 97.9 Å². The van der Waals surface area contributed by atoms with E-state index in [0.29, 0.717) is 28.1 Å². The average molecular weight is 570 g/mol. The number of barbiturate groups is 1. The Balaban J connectivity index is 1.55. The number of imide groups is 2. The van der Waals surface area contributed by atoms with Crippen LogP contribution in [0.15, 0.2) is 81.2 Å². The van der Waals surface area contributed by atoms with Crippen LogP contribution in [0.1, 0.15) is 16.7 Å². The van der Waals surface area contributed by atoms with Crippen LogP contribution in [0, 0.1) is 6.92 Å². The zero-order valence-electron chi connectivity index (χ0n) is 17.5. The third-order valence-corrected chi connectivity index (χ3v) is 6.12. The van der Waals surface area contributed by atoms with E-state index in [1.165, 1.54) is 6.08 Å². The van der Waals surface area contributed by atoms with Gasteiger partial charge in [-0.2, -0.15) is 0 Å². The molecule has 4 rings (SSSR count). The van der Waals surface area contributed by atoms with Crippen LogP contribution in [-0.4, -0.2) is 17.8 Å². The van der Waals surface area contributed by atoms with Crippen LogP contribution in [0.3, 0.4) is 0 Å². The molecule has 0 saturated carbocycles. The molecule has 0 radical (unpaired) electrons. The second-order valence-electron chi connectivity index (χ2n) is 7.40. The third-order valence-electron chi connectivity index (χ3n) is 4.97. The number of nitrogens with zero attached hydrogens (tertiary/aromatic N) is 1. The molecule has 1 aliphatic rings. The number of carbonyl (C=O) groups excluding carboxylic acids is 3. The fourth-order valence-corrected chi connectivity index (χ4v) is 3.99. The predicted octanol–water partition coefficient (Wildman–Crippen LogP) is 5.77. The van der Waals surface area contributed by atoms with E-state index in [1.807, 2.05) is 31.2 Å². The Hall–Kier alpha value is -3.23. The summed E-state index contributed by atoms with van der Waals surface area (Å²) in [7, 11) is 0. The fraction of sp³-hybridized carbons (Fsp3) is 0.0800. The summed E-state index contributed by atoms with van der Waals surface area (Å²) in [4.78, 5) is 38.7. The Morgan fingerprint density at radius 2 is 1.64 bits per heavy atom. The first-order valence-corrected chi connectivity index (χ1v) is 11.6. The van der Waals surface area contributed by atoms with Gasteiger partial charge in [-0.1, -0.05) is 51.8 Å². The lowest BCUT2D eigenvalue weighted by Gasteiger charge is -2.26. The number of anilines is 1. The molecule has 0 aromatic heterocycles. The lowest BCUT2D eigenvalue weighted by atomic mass is 10.1. The molecule has 8 heteroatoms. The molecule has 0 spiro atoms. The summed E-state index contributed by atoms with van der Waals surface area (Å²) < 4.78 is 7.53. The molecule has 6 nitrogen and oxygen atoms in total. The van der Waals surface area contributed by atoms with Gasteiger partial charge in [-0.25, -0.2) is 9.69 Å². The highest BCUT2D eigenvalue weighted by Crippen LogP contribution is 2.29. The maximum atomic E-state index is 13.0. The molecule has 33 heavy (non-hydrogen) atoms. The highest BCUT2D eigenvalue weighted by molar-refractivity contribution is 9.10. The first-order valence-electron chi connectivity index (χ1n) is 9.97. The van der Waals surface area contributed by atoms with Gasteiger partial charge in [0.25, 0.3) is 11.8 Å². The van der Waals surface area contributed by atoms with Crippen LogP contribution in [0.2, 0.25) is 0 Å². The Morgan fingerprint density at radius 1 is 0.939 bits per heavy atom. The van der Waals surface area contributed by atoms with E-state index in [1.54, 1.807) is 42.5 Å². The quantitative estimate of drug-likeness (QED) is 0.313. The number of hydrogen-bond donors (Lipinski definition) is 1. The summed E-state index contributed by atoms with van der Waals surface area (Å²) >= 11 is 6.89. The number of urea groups is 1. The zero-order chi connectivity index (χ0) is 23.5. The highest BCUT2D eigenvalue weighted by Gasteiger charge is 2.36. The van der Waals surface area contributed by atoms with Gasteiger partial charge in [0.2, 0.25) is 0 Å². The summed E-state index contributed by atoms with van der Waals surface area (Å²) in [6.45, 7) is 2.29. The van der Waals surface area contributed by atoms with Crippen molar-refractivity contribution in [3.63, 3.8) is 0 Å². The molecule has 166 valence electrons. The van der Waals surface area contributed by atoms with Gasteiger partial charge in [0.1, 0.15) is 17.9 Å². The fourth-order valence-electron chi connectivity index (χ4n) is 3.22. The van der Waals surface area contributed by atoms with E-state index in [0.717, 1.165) is 20.5 Å². The van der Waals surface area contributed by atoms with Gasteiger partial charge >= 0.3 is 6.03 Å². The Kier molecular flexibility index (Phi) is 6.76. The number of ether oxygens (including phenoxy) is 1. The lowest BCUT2D eigenvalue weighted by Crippen LogP contribution is -2.54. The highest BCUT2D eigenvalue weighted by atomic mass is 79.9. The molecular weight excluding hydrogens is 552 g/mol. The molecule has 0 aliphatic carbocycles. The van der Waals surface area contributed by atoms with E-state index in [4.69, 9.17) is 4.74 Å². The van der Waals surface area contributed by atoms with Crippen LogP contribution < -0.4 is 15.0 Å². The third kappa shape index (κ3) is 5.23. The summed E-state index contributed by atoms with van der Waals surface area (Å²) in [5, 5.41) is 2.23. The minimum atomic E-state index is -0.774. The smallest absolute Gasteiger partial charge is 0.335 e. The molecule has 1 fully saturated rings. The van der Waals surface area contributed by atoms with Crippen molar-refractivity contribution in [2.45, 2.75) is 13.5 Å². The first-order chi connectivity index (χ1) is 15.8. The average Bonchev–Trinajstić information content (AvgIpc) is 2.78. The number of benzene rings is 3. The number of rotatable bonds is 5. The van der Waals surface area contributed by atoms with E-state index < -0.39 is 17.8 Å². The molecule has 1 saturated heterocycles. The van der Waals surface area contributed by atoms with Crippen molar-refractivity contribution in [1.29, 1.82) is 0 Å². The second-order valence-corrected chi connectivity index (χ2v) is 9.17. The largest absolute Gasteiger partial charge is 0.488 e. The maximum absolute atomic E-state index is 13.0. The Morgan fingerprint density at radius 3 is 2.30 bits per heavy atom. The van der Waals surface area contributed by atoms with Gasteiger partial charge in [0.05, 0.1) is 10.2 Å². The molecule has 3 aromatic carbocycles. The minimum Gasteiger partial charge on any atom is -0.488 e. The van der Waals surface area contributed by atoms with Gasteiger partial charge in [-0.15, -0.1) is 0 Å². The Labute approximate surface area is 207 Å². The lowest BCUT2D eigenvalue weighted by molar-refractivity contribution is -0.122. The van der Waals surface area contributed by atoms with Gasteiger partial charge in [-0.3, -0.25) is 14.9 Å². The molecule has 0 atom stereocenters. The van der Waals surface area contributed by atoms with Crippen molar-refractivity contribution in [3.8, 4) is 5.75 Å². The van der Waals surface area contributed by atoms with Gasteiger partial charge in [-0.05, 0) is 76.5 Å². The van der Waals surface area contributed by atoms with Crippen molar-refractivity contribution in [1.82, 2.24) is 5.32 Å². The van der Waals surface area contributed by atoms with Gasteiger partial charge < -0.3 is 4.74 Å². The number of hydrogen-bond acceptors (Lipinski definition) is 4. The van der Waals surface area contributed by atoms with E-state index in [9.17, 15) is 14.4 Å². The van der Waals surface area contributed by atoms with Crippen LogP contribution in [-0.2, 0) is 16.2 Å². The monoisotopic (exact) mass is 568 g/mol. The number of amides is 4. The first kappa shape index (κ1) is 22.9. The molecule has 0 bridgehead atoms. The van der Waals surface area contributed by atoms with E-state index >= 15 is 0 Å². The summed E-state index contributed by atoms with van der Waals surface area (Å²) in [5.74, 6) is -0.796. The summed E-state index contributed by atoms with van der Waals surface area (Å²) in [5.41, 5.74) is 2.86. The SMILES string of the molecule is Cc1ccc(N2C(=O)NC(=O)/C(=C\c3ccc(OCc4ccc(Br)cc4)c(Br)c3)C2=O)cc1. The second kappa shape index (κ2) is 9.72. The van der Waals surface area contributed by atoms with E-state index in [-0.39, 0.29) is 5.57 Å². The van der Waals surface area contributed by atoms with Crippen molar-refractivity contribution in [2.24, 2.45) is 0 Å². The molecule has 1 N–H and O–H groups in total. The van der Waals surface area contributed by atoms with Crippen LogP contribution in [0.25, 0.3) is 6.08 Å². The van der Waals surface area contributed by atoms with Crippen LogP contribution >= 0.6 is 31.9 Å². The number of halogens is 2. The minimum absolute atomic E-state index is 0.134. The van der Waals surface area contributed by atoms with Crippen LogP contribution in [0.4, 0.5) is 10.5 Å². The predicted molar refractivity (Wildman–Crippen MR) is 133 cm³/mol. The molecule has 4 amide bonds. The number of nitrogens with one attached hydrogen (secondary N) is 1. The number of carbonyl (C=O) groups is 3. The van der Waals surface area contributed by atoms with Crippen molar-refractivity contribution >= 4 is 61.5 Å². The molecule has 1 aliphatic heterocycles. The maximum Gasteiger partial charge on any atom is 0.335 e. The van der Waals surface area contributed by atoms with Gasteiger partial charge in [0.15, 0.2) is 0 Å². The number of aryl methyl sites for hydroxylation is 1. The van der Waals surface area contributed by atoms with E-state index in [2.05, 4.69) is 37.2 Å². The summed E-state index contributed by atoms with van der Waals surface area (Å²) in [6, 6.07) is 19.2. The molecule has 3 aromatic rings. The normalized spacial score (nSPS) is 15.1. The van der Waals surface area contributed by atoms with Gasteiger partial charge in [0, 0.05) is 4.47 Å². The van der Waals surface area contributed by atoms with Crippen LogP contribution in [0.5, 0.6) is 5.75 Å². The van der Waals surface area contributed by atoms with Crippen molar-refractivity contribution in [2.75, 3.05) is 4.90 Å². The van der Waals surface area contributed by atoms with Crippen molar-refractivity contribution < 1.29 is 19.1 Å². The topological polar surface area (TPSA) is 75.7 Å². The zero-order valence-corrected chi connectivity index (χ0v) is 20.6. The Bertz CT molecular complexity index is 1270.